The first kappa shape index (κ1) is 19.2. The van der Waals surface area contributed by atoms with Gasteiger partial charge in [-0.15, -0.1) is 0 Å². The van der Waals surface area contributed by atoms with Crippen molar-refractivity contribution in [3.05, 3.63) is 83.4 Å². The van der Waals surface area contributed by atoms with Gasteiger partial charge in [-0.3, -0.25) is 0 Å². The van der Waals surface area contributed by atoms with Crippen LogP contribution in [0, 0.1) is 0 Å². The molecule has 0 spiro atoms. The molecule has 0 radical (unpaired) electrons. The fourth-order valence-corrected chi connectivity index (χ4v) is 3.29. The number of ether oxygens (including phenoxy) is 1. The van der Waals surface area contributed by atoms with Crippen molar-refractivity contribution in [2.75, 3.05) is 11.9 Å². The Kier molecular flexibility index (Phi) is 5.70. The normalized spacial score (nSPS) is 11.2. The molecule has 3 aromatic carbocycles. The van der Waals surface area contributed by atoms with Crippen LogP contribution in [0.2, 0.25) is 5.02 Å². The Morgan fingerprint density at radius 3 is 2.30 bits per heavy atom. The molecule has 27 heavy (non-hydrogen) atoms. The van der Waals surface area contributed by atoms with Gasteiger partial charge in [0.05, 0.1) is 10.6 Å². The van der Waals surface area contributed by atoms with Crippen LogP contribution in [0.3, 0.4) is 0 Å². The molecular formula is C20H19ClN2O3S. The molecule has 7 heteroatoms. The van der Waals surface area contributed by atoms with Crippen molar-refractivity contribution in [2.24, 2.45) is 5.14 Å². The van der Waals surface area contributed by atoms with Gasteiger partial charge in [-0.25, -0.2) is 13.6 Å². The molecule has 0 aromatic heterocycles. The zero-order chi connectivity index (χ0) is 19.4. The van der Waals surface area contributed by atoms with Gasteiger partial charge < -0.3 is 9.64 Å². The molecule has 0 bridgehead atoms. The van der Waals surface area contributed by atoms with Gasteiger partial charge in [-0.05, 0) is 48.0 Å². The highest BCUT2D eigenvalue weighted by molar-refractivity contribution is 7.89. The highest BCUT2D eigenvalue weighted by atomic mass is 35.5. The smallest absolute Gasteiger partial charge is 0.238 e. The number of rotatable bonds is 6. The van der Waals surface area contributed by atoms with Gasteiger partial charge in [-0.1, -0.05) is 41.9 Å². The van der Waals surface area contributed by atoms with Crippen LogP contribution in [-0.2, 0) is 16.6 Å². The number of hydrogen-bond acceptors (Lipinski definition) is 4. The molecular weight excluding hydrogens is 384 g/mol. The lowest BCUT2D eigenvalue weighted by Gasteiger charge is -2.23. The van der Waals surface area contributed by atoms with Gasteiger partial charge >= 0.3 is 0 Å². The third kappa shape index (κ3) is 4.80. The maximum atomic E-state index is 11.4. The first-order valence-electron chi connectivity index (χ1n) is 8.17. The molecule has 3 aromatic rings. The summed E-state index contributed by atoms with van der Waals surface area (Å²) in [5, 5.41) is 5.73. The van der Waals surface area contributed by atoms with Crippen LogP contribution in [0.15, 0.2) is 77.7 Å². The predicted molar refractivity (Wildman–Crippen MR) is 108 cm³/mol. The predicted octanol–water partition coefficient (Wildman–Crippen LogP) is 4.33. The first-order chi connectivity index (χ1) is 12.8. The number of nitrogens with two attached hydrogens (primary N) is 1. The zero-order valence-corrected chi connectivity index (χ0v) is 16.2. The zero-order valence-electron chi connectivity index (χ0n) is 14.7. The largest absolute Gasteiger partial charge is 0.487 e. The number of anilines is 2. The summed E-state index contributed by atoms with van der Waals surface area (Å²) in [6.07, 6.45) is 0. The molecule has 0 saturated heterocycles. The average Bonchev–Trinajstić information content (AvgIpc) is 2.66. The van der Waals surface area contributed by atoms with Crippen molar-refractivity contribution in [1.29, 1.82) is 0 Å². The standard InChI is InChI=1S/C20H19ClN2O3S/c1-23(17-8-10-18(11-9-17)27(22,24)25)19-13-16(21)7-12-20(19)26-14-15-5-3-2-4-6-15/h2-13H,14H2,1H3,(H2,22,24,25). The quantitative estimate of drug-likeness (QED) is 0.665. The van der Waals surface area contributed by atoms with Gasteiger partial charge in [-0.2, -0.15) is 0 Å². The lowest BCUT2D eigenvalue weighted by molar-refractivity contribution is 0.307. The van der Waals surface area contributed by atoms with Crippen molar-refractivity contribution in [2.45, 2.75) is 11.5 Å². The van der Waals surface area contributed by atoms with Gasteiger partial charge in [0.1, 0.15) is 12.4 Å². The van der Waals surface area contributed by atoms with E-state index in [9.17, 15) is 8.42 Å². The van der Waals surface area contributed by atoms with Gasteiger partial charge in [0.15, 0.2) is 0 Å². The monoisotopic (exact) mass is 402 g/mol. The Bertz CT molecular complexity index is 1020. The number of sulfonamides is 1. The minimum absolute atomic E-state index is 0.0614. The third-order valence-corrected chi connectivity index (χ3v) is 5.24. The van der Waals surface area contributed by atoms with E-state index in [1.807, 2.05) is 48.3 Å². The van der Waals surface area contributed by atoms with Crippen LogP contribution in [0.4, 0.5) is 11.4 Å². The maximum Gasteiger partial charge on any atom is 0.238 e. The second kappa shape index (κ2) is 8.00. The van der Waals surface area contributed by atoms with Crippen molar-refractivity contribution in [3.8, 4) is 5.75 Å². The summed E-state index contributed by atoms with van der Waals surface area (Å²) >= 11 is 6.17. The fourth-order valence-electron chi connectivity index (χ4n) is 2.61. The Hall–Kier alpha value is -2.54. The van der Waals surface area contributed by atoms with Crippen molar-refractivity contribution >= 4 is 33.0 Å². The molecule has 5 nitrogen and oxygen atoms in total. The van der Waals surface area contributed by atoms with E-state index in [0.29, 0.717) is 17.4 Å². The minimum Gasteiger partial charge on any atom is -0.487 e. The maximum absolute atomic E-state index is 11.4. The molecule has 0 aliphatic rings. The summed E-state index contributed by atoms with van der Waals surface area (Å²) in [6, 6.07) is 21.5. The van der Waals surface area contributed by atoms with Crippen molar-refractivity contribution in [1.82, 2.24) is 0 Å². The summed E-state index contributed by atoms with van der Waals surface area (Å²) < 4.78 is 28.8. The molecule has 0 atom stereocenters. The van der Waals surface area contributed by atoms with E-state index in [1.54, 1.807) is 24.3 Å². The third-order valence-electron chi connectivity index (χ3n) is 4.07. The number of primary sulfonamides is 1. The summed E-state index contributed by atoms with van der Waals surface area (Å²) in [5.74, 6) is 0.668. The minimum atomic E-state index is -3.73. The Balaban J connectivity index is 1.87. The van der Waals surface area contributed by atoms with Gasteiger partial charge in [0, 0.05) is 17.8 Å². The number of halogens is 1. The molecule has 0 heterocycles. The molecule has 0 aliphatic heterocycles. The number of nitrogens with zero attached hydrogens (tertiary/aromatic N) is 1. The highest BCUT2D eigenvalue weighted by Gasteiger charge is 2.13. The van der Waals surface area contributed by atoms with E-state index in [-0.39, 0.29) is 4.90 Å². The van der Waals surface area contributed by atoms with Crippen molar-refractivity contribution < 1.29 is 13.2 Å². The molecule has 0 unspecified atom stereocenters. The first-order valence-corrected chi connectivity index (χ1v) is 10.1. The summed E-state index contributed by atoms with van der Waals surface area (Å²) in [7, 11) is -1.87. The topological polar surface area (TPSA) is 72.6 Å². The highest BCUT2D eigenvalue weighted by Crippen LogP contribution is 2.35. The fraction of sp³-hybridized carbons (Fsp3) is 0.100. The van der Waals surface area contributed by atoms with Crippen LogP contribution in [-0.4, -0.2) is 15.5 Å². The molecule has 0 saturated carbocycles. The van der Waals surface area contributed by atoms with E-state index in [1.165, 1.54) is 12.1 Å². The molecule has 0 amide bonds. The van der Waals surface area contributed by atoms with E-state index < -0.39 is 10.0 Å². The van der Waals surface area contributed by atoms with Crippen molar-refractivity contribution in [3.63, 3.8) is 0 Å². The summed E-state index contributed by atoms with van der Waals surface area (Å²) in [4.78, 5) is 1.94. The molecule has 3 rings (SSSR count). The van der Waals surface area contributed by atoms with Crippen LogP contribution in [0.25, 0.3) is 0 Å². The van der Waals surface area contributed by atoms with Crippen LogP contribution >= 0.6 is 11.6 Å². The average molecular weight is 403 g/mol. The van der Waals surface area contributed by atoms with Gasteiger partial charge in [0.2, 0.25) is 10.0 Å². The second-order valence-corrected chi connectivity index (χ2v) is 7.98. The molecule has 2 N–H and O–H groups in total. The van der Waals surface area contributed by atoms with E-state index in [0.717, 1.165) is 16.9 Å². The Morgan fingerprint density at radius 2 is 1.67 bits per heavy atom. The number of benzene rings is 3. The SMILES string of the molecule is CN(c1ccc(S(N)(=O)=O)cc1)c1cc(Cl)ccc1OCc1ccccc1. The van der Waals surface area contributed by atoms with Crippen LogP contribution < -0.4 is 14.8 Å². The van der Waals surface area contributed by atoms with Crippen LogP contribution in [0.1, 0.15) is 5.56 Å². The lowest BCUT2D eigenvalue weighted by Crippen LogP contribution is -2.14. The Labute approximate surface area is 164 Å². The lowest BCUT2D eigenvalue weighted by atomic mass is 10.2. The van der Waals surface area contributed by atoms with E-state index in [4.69, 9.17) is 21.5 Å². The van der Waals surface area contributed by atoms with E-state index in [2.05, 4.69) is 0 Å². The summed E-state index contributed by atoms with van der Waals surface area (Å²) in [5.41, 5.74) is 2.59. The van der Waals surface area contributed by atoms with Crippen LogP contribution in [0.5, 0.6) is 5.75 Å². The van der Waals surface area contributed by atoms with E-state index >= 15 is 0 Å². The summed E-state index contributed by atoms with van der Waals surface area (Å²) in [6.45, 7) is 0.424. The number of hydrogen-bond donors (Lipinski definition) is 1. The molecule has 140 valence electrons. The van der Waals surface area contributed by atoms with Gasteiger partial charge in [0.25, 0.3) is 0 Å². The molecule has 0 fully saturated rings. The molecule has 0 aliphatic carbocycles. The Morgan fingerprint density at radius 1 is 1.00 bits per heavy atom. The second-order valence-electron chi connectivity index (χ2n) is 5.98.